The maximum atomic E-state index is 13.3. The molecular weight excluding hydrogens is 477 g/mol. The number of rotatable bonds is 5. The fourth-order valence-electron chi connectivity index (χ4n) is 4.12. The topological polar surface area (TPSA) is 64.0 Å². The molecule has 5 rings (SSSR count). The summed E-state index contributed by atoms with van der Waals surface area (Å²) in [5.41, 5.74) is 3.45. The summed E-state index contributed by atoms with van der Waals surface area (Å²) in [7, 11) is 0. The third kappa shape index (κ3) is 4.51. The first-order valence-electron chi connectivity index (χ1n) is 10.5. The normalized spacial score (nSPS) is 13.3. The van der Waals surface area contributed by atoms with E-state index in [2.05, 4.69) is 22.4 Å². The summed E-state index contributed by atoms with van der Waals surface area (Å²) in [6, 6.07) is 20.5. The maximum absolute atomic E-state index is 13.3. The van der Waals surface area contributed by atoms with Crippen LogP contribution in [0.4, 0.5) is 0 Å². The Morgan fingerprint density at radius 1 is 1.00 bits per heavy atom. The van der Waals surface area contributed by atoms with Gasteiger partial charge in [-0.25, -0.2) is 4.98 Å². The van der Waals surface area contributed by atoms with Crippen molar-refractivity contribution < 1.29 is 4.79 Å². The lowest BCUT2D eigenvalue weighted by molar-refractivity contribution is -0.119. The van der Waals surface area contributed by atoms with Gasteiger partial charge in [-0.3, -0.25) is 14.2 Å². The van der Waals surface area contributed by atoms with Crippen LogP contribution >= 0.6 is 35.0 Å². The maximum Gasteiger partial charge on any atom is 0.266 e. The molecule has 0 atom stereocenters. The Bertz CT molecular complexity index is 1410. The molecule has 0 radical (unpaired) electrons. The average molecular weight is 496 g/mol. The summed E-state index contributed by atoms with van der Waals surface area (Å²) in [5.74, 6) is 0.0415. The van der Waals surface area contributed by atoms with Crippen LogP contribution in [-0.2, 0) is 17.6 Å². The highest BCUT2D eigenvalue weighted by atomic mass is 35.5. The zero-order valence-corrected chi connectivity index (χ0v) is 19.8. The fraction of sp³-hybridized carbons (Fsp3) is 0.160. The Morgan fingerprint density at radius 2 is 1.70 bits per heavy atom. The van der Waals surface area contributed by atoms with E-state index in [4.69, 9.17) is 23.2 Å². The van der Waals surface area contributed by atoms with Crippen LogP contribution in [0.5, 0.6) is 0 Å². The van der Waals surface area contributed by atoms with E-state index in [1.54, 1.807) is 36.4 Å². The number of nitrogens with zero attached hydrogens (tertiary/aromatic N) is 2. The van der Waals surface area contributed by atoms with Crippen LogP contribution < -0.4 is 10.9 Å². The third-order valence-corrected chi connectivity index (χ3v) is 7.33. The number of amides is 1. The highest BCUT2D eigenvalue weighted by molar-refractivity contribution is 7.99. The molecule has 0 aliphatic heterocycles. The molecule has 8 heteroatoms. The van der Waals surface area contributed by atoms with Gasteiger partial charge in [0, 0.05) is 6.04 Å². The lowest BCUT2D eigenvalue weighted by Crippen LogP contribution is -2.36. The molecule has 0 saturated heterocycles. The van der Waals surface area contributed by atoms with Gasteiger partial charge in [-0.05, 0) is 54.3 Å². The molecule has 33 heavy (non-hydrogen) atoms. The summed E-state index contributed by atoms with van der Waals surface area (Å²) in [4.78, 5) is 30.7. The van der Waals surface area contributed by atoms with Gasteiger partial charge in [0.15, 0.2) is 5.16 Å². The molecule has 1 heterocycles. The number of carbonyl (C=O) groups is 1. The minimum absolute atomic E-state index is 0.0809. The van der Waals surface area contributed by atoms with Crippen LogP contribution in [0.1, 0.15) is 11.1 Å². The van der Waals surface area contributed by atoms with Crippen molar-refractivity contribution in [1.82, 2.24) is 14.9 Å². The fourth-order valence-corrected chi connectivity index (χ4v) is 5.24. The molecule has 0 bridgehead atoms. The number of para-hydroxylation sites is 1. The first-order valence-corrected chi connectivity index (χ1v) is 12.2. The summed E-state index contributed by atoms with van der Waals surface area (Å²) < 4.78 is 1.48. The van der Waals surface area contributed by atoms with E-state index < -0.39 is 0 Å². The number of halogens is 2. The molecule has 166 valence electrons. The number of carbonyl (C=O) groups excluding carboxylic acids is 1. The van der Waals surface area contributed by atoms with Crippen molar-refractivity contribution in [2.75, 3.05) is 5.75 Å². The Kier molecular flexibility index (Phi) is 6.15. The van der Waals surface area contributed by atoms with Gasteiger partial charge in [-0.1, -0.05) is 71.4 Å². The van der Waals surface area contributed by atoms with E-state index in [1.165, 1.54) is 27.5 Å². The van der Waals surface area contributed by atoms with Crippen LogP contribution in [0.25, 0.3) is 16.6 Å². The average Bonchev–Trinajstić information content (AvgIpc) is 3.22. The van der Waals surface area contributed by atoms with Gasteiger partial charge in [-0.2, -0.15) is 0 Å². The molecule has 4 aromatic rings. The first kappa shape index (κ1) is 22.0. The largest absolute Gasteiger partial charge is 0.352 e. The molecule has 1 amide bonds. The van der Waals surface area contributed by atoms with E-state index in [1.807, 2.05) is 18.2 Å². The van der Waals surface area contributed by atoms with Gasteiger partial charge in [0.1, 0.15) is 0 Å². The second kappa shape index (κ2) is 9.21. The second-order valence-electron chi connectivity index (χ2n) is 7.88. The lowest BCUT2D eigenvalue weighted by atomic mass is 10.1. The van der Waals surface area contributed by atoms with E-state index >= 15 is 0 Å². The summed E-state index contributed by atoms with van der Waals surface area (Å²) in [6.07, 6.45) is 1.66. The van der Waals surface area contributed by atoms with Crippen molar-refractivity contribution in [3.63, 3.8) is 0 Å². The number of nitrogens with one attached hydrogen (secondary N) is 1. The Hall–Kier alpha value is -2.80. The highest BCUT2D eigenvalue weighted by Crippen LogP contribution is 2.27. The van der Waals surface area contributed by atoms with Crippen molar-refractivity contribution in [2.45, 2.75) is 24.0 Å². The number of thioether (sulfide) groups is 1. The van der Waals surface area contributed by atoms with Gasteiger partial charge in [0.25, 0.3) is 5.56 Å². The molecule has 0 unspecified atom stereocenters. The standard InChI is InChI=1S/C25H19Cl2N3O2S/c26-20-10-9-18(13-21(20)27)30-24(32)19-7-3-4-8-22(19)29-25(30)33-14-23(31)28-17-11-15-5-1-2-6-16(15)12-17/h1-10,13,17H,11-12,14H2,(H,28,31). The van der Waals surface area contributed by atoms with Gasteiger partial charge in [0.2, 0.25) is 5.91 Å². The number of fused-ring (bicyclic) bond motifs is 2. The number of benzene rings is 3. The van der Waals surface area contributed by atoms with E-state index in [-0.39, 0.29) is 23.3 Å². The summed E-state index contributed by atoms with van der Waals surface area (Å²) in [5, 5.41) is 4.75. The van der Waals surface area contributed by atoms with Gasteiger partial charge in [0.05, 0.1) is 32.4 Å². The molecule has 0 spiro atoms. The van der Waals surface area contributed by atoms with Crippen LogP contribution in [0.15, 0.2) is 76.7 Å². The summed E-state index contributed by atoms with van der Waals surface area (Å²) in [6.45, 7) is 0. The number of hydrogen-bond donors (Lipinski definition) is 1. The van der Waals surface area contributed by atoms with E-state index in [9.17, 15) is 9.59 Å². The molecule has 0 saturated carbocycles. The zero-order valence-electron chi connectivity index (χ0n) is 17.4. The number of hydrogen-bond acceptors (Lipinski definition) is 4. The van der Waals surface area contributed by atoms with Crippen LogP contribution in [0.3, 0.4) is 0 Å². The van der Waals surface area contributed by atoms with Crippen molar-refractivity contribution >= 4 is 51.8 Å². The smallest absolute Gasteiger partial charge is 0.266 e. The zero-order chi connectivity index (χ0) is 22.9. The molecule has 1 aliphatic rings. The second-order valence-corrected chi connectivity index (χ2v) is 9.64. The van der Waals surface area contributed by atoms with Crippen molar-refractivity contribution in [3.05, 3.63) is 98.3 Å². The van der Waals surface area contributed by atoms with Gasteiger partial charge < -0.3 is 5.32 Å². The monoisotopic (exact) mass is 495 g/mol. The predicted octanol–water partition coefficient (Wildman–Crippen LogP) is 5.07. The number of aromatic nitrogens is 2. The molecule has 1 aromatic heterocycles. The minimum Gasteiger partial charge on any atom is -0.352 e. The van der Waals surface area contributed by atoms with Crippen molar-refractivity contribution in [1.29, 1.82) is 0 Å². The Balaban J connectivity index is 1.41. The van der Waals surface area contributed by atoms with Crippen LogP contribution in [0, 0.1) is 0 Å². The molecule has 1 N–H and O–H groups in total. The highest BCUT2D eigenvalue weighted by Gasteiger charge is 2.23. The molecule has 3 aromatic carbocycles. The van der Waals surface area contributed by atoms with E-state index in [0.717, 1.165) is 12.8 Å². The summed E-state index contributed by atoms with van der Waals surface area (Å²) >= 11 is 13.5. The Labute approximate surface area is 204 Å². The Morgan fingerprint density at radius 3 is 2.42 bits per heavy atom. The van der Waals surface area contributed by atoms with Crippen molar-refractivity contribution in [3.8, 4) is 5.69 Å². The molecule has 1 aliphatic carbocycles. The first-order chi connectivity index (χ1) is 16.0. The van der Waals surface area contributed by atoms with E-state index in [0.29, 0.717) is 31.8 Å². The molecule has 5 nitrogen and oxygen atoms in total. The minimum atomic E-state index is -0.229. The predicted molar refractivity (Wildman–Crippen MR) is 134 cm³/mol. The van der Waals surface area contributed by atoms with Crippen LogP contribution in [0.2, 0.25) is 10.0 Å². The SMILES string of the molecule is O=C(CSc1nc2ccccc2c(=O)n1-c1ccc(Cl)c(Cl)c1)NC1Cc2ccccc2C1. The van der Waals surface area contributed by atoms with Gasteiger partial charge in [-0.15, -0.1) is 0 Å². The lowest BCUT2D eigenvalue weighted by Gasteiger charge is -2.15. The molecule has 0 fully saturated rings. The third-order valence-electron chi connectivity index (χ3n) is 5.65. The van der Waals surface area contributed by atoms with Crippen LogP contribution in [-0.4, -0.2) is 27.3 Å². The van der Waals surface area contributed by atoms with Gasteiger partial charge >= 0.3 is 0 Å². The quantitative estimate of drug-likeness (QED) is 0.310. The molecular formula is C25H19Cl2N3O2S. The van der Waals surface area contributed by atoms with Crippen molar-refractivity contribution in [2.24, 2.45) is 0 Å².